The first-order chi connectivity index (χ1) is 17.4. The van der Waals surface area contributed by atoms with Crippen LogP contribution in [0, 0.1) is 0 Å². The third-order valence-electron chi connectivity index (χ3n) is 5.28. The van der Waals surface area contributed by atoms with Crippen molar-refractivity contribution in [2.24, 2.45) is 5.10 Å². The van der Waals surface area contributed by atoms with Gasteiger partial charge in [-0.05, 0) is 66.4 Å². The second-order valence-corrected chi connectivity index (χ2v) is 8.21. The van der Waals surface area contributed by atoms with Crippen molar-refractivity contribution in [2.75, 3.05) is 7.11 Å². The van der Waals surface area contributed by atoms with E-state index in [1.807, 2.05) is 42.5 Å². The Labute approximate surface area is 213 Å². The number of nitrogens with one attached hydrogen (secondary N) is 1. The zero-order valence-electron chi connectivity index (χ0n) is 19.6. The van der Waals surface area contributed by atoms with Crippen LogP contribution in [0.3, 0.4) is 0 Å². The standard InChI is InChI=1S/C28H23ClN2O5/c1-18(35-24-9-5-7-20-6-3-4-8-23(20)24)27(32)31-30-17-19-10-15-25(26(16-19)34-2)36-28(33)21-11-13-22(29)14-12-21/h3-18H,1-2H3,(H,31,32). The molecule has 1 amide bonds. The molecule has 0 aliphatic carbocycles. The van der Waals surface area contributed by atoms with Gasteiger partial charge in [-0.25, -0.2) is 10.2 Å². The number of methoxy groups -OCH3 is 1. The number of esters is 1. The molecule has 0 bridgehead atoms. The van der Waals surface area contributed by atoms with E-state index >= 15 is 0 Å². The number of hydrazone groups is 1. The van der Waals surface area contributed by atoms with Crippen molar-refractivity contribution in [3.05, 3.63) is 101 Å². The number of amides is 1. The zero-order chi connectivity index (χ0) is 25.5. The lowest BCUT2D eigenvalue weighted by Gasteiger charge is -2.14. The number of hydrogen-bond donors (Lipinski definition) is 1. The molecule has 1 N–H and O–H groups in total. The van der Waals surface area contributed by atoms with Gasteiger partial charge in [-0.3, -0.25) is 4.79 Å². The van der Waals surface area contributed by atoms with Gasteiger partial charge >= 0.3 is 5.97 Å². The Morgan fingerprint density at radius 1 is 0.917 bits per heavy atom. The van der Waals surface area contributed by atoms with Crippen molar-refractivity contribution >= 4 is 40.5 Å². The van der Waals surface area contributed by atoms with Crippen LogP contribution in [-0.2, 0) is 4.79 Å². The maximum atomic E-state index is 12.5. The lowest BCUT2D eigenvalue weighted by atomic mass is 10.1. The van der Waals surface area contributed by atoms with E-state index in [-0.39, 0.29) is 5.75 Å². The summed E-state index contributed by atoms with van der Waals surface area (Å²) in [6.07, 6.45) is 0.688. The number of nitrogens with zero attached hydrogens (tertiary/aromatic N) is 1. The summed E-state index contributed by atoms with van der Waals surface area (Å²) in [5.74, 6) is 0.252. The second-order valence-electron chi connectivity index (χ2n) is 7.78. The highest BCUT2D eigenvalue weighted by Gasteiger charge is 2.16. The van der Waals surface area contributed by atoms with Crippen molar-refractivity contribution in [2.45, 2.75) is 13.0 Å². The zero-order valence-corrected chi connectivity index (χ0v) is 20.4. The van der Waals surface area contributed by atoms with Gasteiger partial charge in [0.1, 0.15) is 5.75 Å². The highest BCUT2D eigenvalue weighted by Crippen LogP contribution is 2.29. The van der Waals surface area contributed by atoms with E-state index in [1.165, 1.54) is 13.3 Å². The number of fused-ring (bicyclic) bond motifs is 1. The summed E-state index contributed by atoms with van der Waals surface area (Å²) in [5.41, 5.74) is 3.46. The number of ether oxygens (including phenoxy) is 3. The summed E-state index contributed by atoms with van der Waals surface area (Å²) in [7, 11) is 1.46. The summed E-state index contributed by atoms with van der Waals surface area (Å²) in [5, 5.41) is 6.48. The fraction of sp³-hybridized carbons (Fsp3) is 0.107. The molecule has 4 aromatic carbocycles. The molecule has 0 aliphatic rings. The molecule has 0 fully saturated rings. The third kappa shape index (κ3) is 6.00. The maximum absolute atomic E-state index is 12.5. The Morgan fingerprint density at radius 3 is 2.44 bits per heavy atom. The molecule has 0 radical (unpaired) electrons. The topological polar surface area (TPSA) is 86.2 Å². The van der Waals surface area contributed by atoms with Gasteiger partial charge in [0.05, 0.1) is 18.9 Å². The van der Waals surface area contributed by atoms with Crippen LogP contribution >= 0.6 is 11.6 Å². The first kappa shape index (κ1) is 24.8. The Morgan fingerprint density at radius 2 is 1.67 bits per heavy atom. The third-order valence-corrected chi connectivity index (χ3v) is 5.53. The lowest BCUT2D eigenvalue weighted by molar-refractivity contribution is -0.127. The van der Waals surface area contributed by atoms with Crippen LogP contribution in [0.1, 0.15) is 22.8 Å². The van der Waals surface area contributed by atoms with Gasteiger partial charge in [0.25, 0.3) is 5.91 Å². The first-order valence-electron chi connectivity index (χ1n) is 11.1. The number of halogens is 1. The fourth-order valence-corrected chi connectivity index (χ4v) is 3.52. The molecule has 182 valence electrons. The molecule has 8 heteroatoms. The van der Waals surface area contributed by atoms with Gasteiger partial charge < -0.3 is 14.2 Å². The predicted molar refractivity (Wildman–Crippen MR) is 139 cm³/mol. The monoisotopic (exact) mass is 502 g/mol. The molecule has 1 unspecified atom stereocenters. The Bertz CT molecular complexity index is 1410. The molecule has 4 aromatic rings. The van der Waals surface area contributed by atoms with Crippen LogP contribution < -0.4 is 19.6 Å². The van der Waals surface area contributed by atoms with E-state index in [1.54, 1.807) is 49.4 Å². The number of hydrogen-bond acceptors (Lipinski definition) is 6. The average Bonchev–Trinajstić information content (AvgIpc) is 2.89. The summed E-state index contributed by atoms with van der Waals surface area (Å²) in [6.45, 7) is 1.65. The van der Waals surface area contributed by atoms with Gasteiger partial charge in [-0.1, -0.05) is 48.0 Å². The van der Waals surface area contributed by atoms with Crippen LogP contribution in [0.2, 0.25) is 5.02 Å². The van der Waals surface area contributed by atoms with E-state index in [0.29, 0.717) is 27.6 Å². The molecule has 4 rings (SSSR count). The Balaban J connectivity index is 1.37. The number of carbonyl (C=O) groups is 2. The van der Waals surface area contributed by atoms with Gasteiger partial charge in [0.15, 0.2) is 17.6 Å². The minimum Gasteiger partial charge on any atom is -0.493 e. The predicted octanol–water partition coefficient (Wildman–Crippen LogP) is 5.64. The fourth-order valence-electron chi connectivity index (χ4n) is 3.40. The van der Waals surface area contributed by atoms with Crippen molar-refractivity contribution in [1.82, 2.24) is 5.43 Å². The SMILES string of the molecule is COc1cc(C=NNC(=O)C(C)Oc2cccc3ccccc23)ccc1OC(=O)c1ccc(Cl)cc1. The molecule has 0 saturated heterocycles. The normalized spacial score (nSPS) is 11.8. The van der Waals surface area contributed by atoms with Crippen molar-refractivity contribution in [1.29, 1.82) is 0 Å². The van der Waals surface area contributed by atoms with E-state index in [0.717, 1.165) is 10.8 Å². The van der Waals surface area contributed by atoms with E-state index in [2.05, 4.69) is 10.5 Å². The number of benzene rings is 4. The van der Waals surface area contributed by atoms with E-state index < -0.39 is 18.0 Å². The molecule has 0 heterocycles. The molecule has 0 spiro atoms. The first-order valence-corrected chi connectivity index (χ1v) is 11.5. The maximum Gasteiger partial charge on any atom is 0.343 e. The van der Waals surface area contributed by atoms with Crippen LogP contribution in [0.4, 0.5) is 0 Å². The molecule has 7 nitrogen and oxygen atoms in total. The molecular weight excluding hydrogens is 480 g/mol. The summed E-state index contributed by atoms with van der Waals surface area (Å²) in [6, 6.07) is 24.7. The van der Waals surface area contributed by atoms with Gasteiger partial charge in [-0.2, -0.15) is 5.10 Å². The minimum atomic E-state index is -0.767. The smallest absolute Gasteiger partial charge is 0.343 e. The van der Waals surface area contributed by atoms with Crippen LogP contribution in [0.5, 0.6) is 17.2 Å². The molecule has 0 saturated carbocycles. The second kappa shape index (κ2) is 11.4. The van der Waals surface area contributed by atoms with Crippen molar-refractivity contribution < 1.29 is 23.8 Å². The number of rotatable bonds is 8. The quantitative estimate of drug-likeness (QED) is 0.146. The van der Waals surface area contributed by atoms with E-state index in [9.17, 15) is 9.59 Å². The molecule has 0 aromatic heterocycles. The van der Waals surface area contributed by atoms with Gasteiger partial charge in [0.2, 0.25) is 0 Å². The highest BCUT2D eigenvalue weighted by atomic mass is 35.5. The van der Waals surface area contributed by atoms with Crippen molar-refractivity contribution in [3.63, 3.8) is 0 Å². The number of carbonyl (C=O) groups excluding carboxylic acids is 2. The Kier molecular flexibility index (Phi) is 7.82. The van der Waals surface area contributed by atoms with Crippen LogP contribution in [0.15, 0.2) is 90.0 Å². The van der Waals surface area contributed by atoms with Gasteiger partial charge in [-0.15, -0.1) is 0 Å². The van der Waals surface area contributed by atoms with Crippen LogP contribution in [-0.4, -0.2) is 31.3 Å². The Hall–Kier alpha value is -4.36. The molecule has 36 heavy (non-hydrogen) atoms. The molecule has 0 aliphatic heterocycles. The molecular formula is C28H23ClN2O5. The van der Waals surface area contributed by atoms with E-state index in [4.69, 9.17) is 25.8 Å². The van der Waals surface area contributed by atoms with Crippen molar-refractivity contribution in [3.8, 4) is 17.2 Å². The highest BCUT2D eigenvalue weighted by molar-refractivity contribution is 6.30. The lowest BCUT2D eigenvalue weighted by Crippen LogP contribution is -2.33. The summed E-state index contributed by atoms with van der Waals surface area (Å²) < 4.78 is 16.6. The summed E-state index contributed by atoms with van der Waals surface area (Å²) in [4.78, 5) is 24.9. The largest absolute Gasteiger partial charge is 0.493 e. The van der Waals surface area contributed by atoms with Gasteiger partial charge in [0, 0.05) is 10.4 Å². The minimum absolute atomic E-state index is 0.246. The average molecular weight is 503 g/mol. The molecule has 1 atom stereocenters. The van der Waals surface area contributed by atoms with Crippen LogP contribution in [0.25, 0.3) is 10.8 Å². The summed E-state index contributed by atoms with van der Waals surface area (Å²) >= 11 is 5.86.